The van der Waals surface area contributed by atoms with Crippen molar-refractivity contribution < 1.29 is 13.9 Å². The molecule has 1 saturated carbocycles. The zero-order valence-corrected chi connectivity index (χ0v) is 7.79. The highest BCUT2D eigenvalue weighted by atomic mass is 19.1. The zero-order valence-electron chi connectivity index (χ0n) is 7.79. The number of aromatic nitrogens is 1. The number of methoxy groups -OCH3 is 1. The molecule has 14 heavy (non-hydrogen) atoms. The number of rotatable bonds is 2. The molecule has 3 nitrogen and oxygen atoms in total. The normalized spacial score (nSPS) is 17.6. The highest BCUT2D eigenvalue weighted by Crippen LogP contribution is 2.49. The summed E-state index contributed by atoms with van der Waals surface area (Å²) in [6.45, 7) is 0. The van der Waals surface area contributed by atoms with Crippen LogP contribution < -0.4 is 0 Å². The second-order valence-electron chi connectivity index (χ2n) is 3.42. The fraction of sp³-hybridized carbons (Fsp3) is 0.400. The highest BCUT2D eigenvalue weighted by molar-refractivity contribution is 5.86. The molecule has 1 aliphatic rings. The van der Waals surface area contributed by atoms with Crippen LogP contribution in [0.1, 0.15) is 18.4 Å². The van der Waals surface area contributed by atoms with Gasteiger partial charge in [-0.3, -0.25) is 4.79 Å². The quantitative estimate of drug-likeness (QED) is 0.529. The van der Waals surface area contributed by atoms with Gasteiger partial charge in [-0.25, -0.2) is 4.98 Å². The van der Waals surface area contributed by atoms with Gasteiger partial charge in [0.05, 0.1) is 12.5 Å². The Morgan fingerprint density at radius 2 is 2.36 bits per heavy atom. The predicted molar refractivity (Wildman–Crippen MR) is 47.1 cm³/mol. The number of pyridine rings is 1. The minimum atomic E-state index is -0.757. The van der Waals surface area contributed by atoms with Crippen LogP contribution in [0.5, 0.6) is 0 Å². The van der Waals surface area contributed by atoms with Crippen LogP contribution in [0.3, 0.4) is 0 Å². The SMILES string of the molecule is COC(=O)C1(c2cccnc2F)CC1. The van der Waals surface area contributed by atoms with Crippen molar-refractivity contribution >= 4 is 5.97 Å². The predicted octanol–water partition coefficient (Wildman–Crippen LogP) is 1.43. The van der Waals surface area contributed by atoms with Gasteiger partial charge in [0.2, 0.25) is 5.95 Å². The Kier molecular flexibility index (Phi) is 1.98. The Morgan fingerprint density at radius 1 is 1.64 bits per heavy atom. The van der Waals surface area contributed by atoms with Crippen molar-refractivity contribution in [1.29, 1.82) is 0 Å². The molecule has 2 rings (SSSR count). The second-order valence-corrected chi connectivity index (χ2v) is 3.42. The first kappa shape index (κ1) is 9.12. The van der Waals surface area contributed by atoms with E-state index < -0.39 is 11.4 Å². The number of hydrogen-bond donors (Lipinski definition) is 0. The van der Waals surface area contributed by atoms with Gasteiger partial charge >= 0.3 is 5.97 Å². The Labute approximate surface area is 80.9 Å². The van der Waals surface area contributed by atoms with Crippen LogP contribution in [-0.2, 0) is 14.9 Å². The minimum absolute atomic E-state index is 0.354. The molecule has 0 aliphatic heterocycles. The number of halogens is 1. The number of ether oxygens (including phenoxy) is 1. The molecule has 1 aliphatic carbocycles. The first-order chi connectivity index (χ1) is 6.70. The van der Waals surface area contributed by atoms with Gasteiger partial charge in [-0.2, -0.15) is 4.39 Å². The maximum atomic E-state index is 13.3. The van der Waals surface area contributed by atoms with Crippen molar-refractivity contribution in [2.45, 2.75) is 18.3 Å². The molecule has 0 radical (unpaired) electrons. The Balaban J connectivity index is 2.40. The van der Waals surface area contributed by atoms with Crippen molar-refractivity contribution in [2.75, 3.05) is 7.11 Å². The number of hydrogen-bond acceptors (Lipinski definition) is 3. The summed E-state index contributed by atoms with van der Waals surface area (Å²) in [5.41, 5.74) is -0.403. The van der Waals surface area contributed by atoms with Gasteiger partial charge in [-0.1, -0.05) is 6.07 Å². The largest absolute Gasteiger partial charge is 0.468 e. The summed E-state index contributed by atoms with van der Waals surface area (Å²) < 4.78 is 18.0. The van der Waals surface area contributed by atoms with Crippen LogP contribution in [0.2, 0.25) is 0 Å². The van der Waals surface area contributed by atoms with Crippen molar-refractivity contribution in [1.82, 2.24) is 4.98 Å². The van der Waals surface area contributed by atoms with Crippen molar-refractivity contribution in [3.8, 4) is 0 Å². The van der Waals surface area contributed by atoms with Crippen LogP contribution in [0, 0.1) is 5.95 Å². The molecule has 0 unspecified atom stereocenters. The molecular weight excluding hydrogens is 185 g/mol. The summed E-state index contributed by atoms with van der Waals surface area (Å²) in [5, 5.41) is 0. The Bertz CT molecular complexity index is 374. The van der Waals surface area contributed by atoms with Crippen LogP contribution in [0.4, 0.5) is 4.39 Å². The van der Waals surface area contributed by atoms with E-state index >= 15 is 0 Å². The van der Waals surface area contributed by atoms with Crippen LogP contribution in [0.15, 0.2) is 18.3 Å². The fourth-order valence-electron chi connectivity index (χ4n) is 1.65. The van der Waals surface area contributed by atoms with E-state index in [0.29, 0.717) is 18.4 Å². The summed E-state index contributed by atoms with van der Waals surface area (Å²) in [5.74, 6) is -0.945. The molecule has 74 valence electrons. The Morgan fingerprint density at radius 3 is 2.86 bits per heavy atom. The molecule has 0 atom stereocenters. The molecule has 0 spiro atoms. The molecule has 1 aromatic rings. The van der Waals surface area contributed by atoms with E-state index in [0.717, 1.165) is 0 Å². The highest BCUT2D eigenvalue weighted by Gasteiger charge is 2.54. The van der Waals surface area contributed by atoms with Gasteiger partial charge in [0, 0.05) is 11.8 Å². The van der Waals surface area contributed by atoms with Crippen LogP contribution in [0.25, 0.3) is 0 Å². The number of carbonyl (C=O) groups is 1. The van der Waals surface area contributed by atoms with Gasteiger partial charge < -0.3 is 4.74 Å². The lowest BCUT2D eigenvalue weighted by molar-refractivity contribution is -0.143. The third-order valence-electron chi connectivity index (χ3n) is 2.60. The van der Waals surface area contributed by atoms with Gasteiger partial charge in [-0.05, 0) is 18.9 Å². The molecule has 1 heterocycles. The lowest BCUT2D eigenvalue weighted by atomic mass is 9.98. The summed E-state index contributed by atoms with van der Waals surface area (Å²) in [6.07, 6.45) is 2.65. The lowest BCUT2D eigenvalue weighted by Gasteiger charge is -2.12. The van der Waals surface area contributed by atoms with Crippen molar-refractivity contribution in [2.24, 2.45) is 0 Å². The van der Waals surface area contributed by atoms with Gasteiger partial charge in [0.1, 0.15) is 0 Å². The average molecular weight is 195 g/mol. The van der Waals surface area contributed by atoms with Crippen molar-refractivity contribution in [3.63, 3.8) is 0 Å². The maximum absolute atomic E-state index is 13.3. The molecule has 1 fully saturated rings. The van der Waals surface area contributed by atoms with E-state index in [2.05, 4.69) is 9.72 Å². The van der Waals surface area contributed by atoms with E-state index in [4.69, 9.17) is 0 Å². The number of esters is 1. The average Bonchev–Trinajstić information content (AvgIpc) is 2.98. The maximum Gasteiger partial charge on any atom is 0.316 e. The number of carbonyl (C=O) groups excluding carboxylic acids is 1. The standard InChI is InChI=1S/C10H10FNO2/c1-14-9(13)10(4-5-10)7-3-2-6-12-8(7)11/h2-3,6H,4-5H2,1H3. The summed E-state index contributed by atoms with van der Waals surface area (Å²) in [4.78, 5) is 15.0. The fourth-order valence-corrected chi connectivity index (χ4v) is 1.65. The Hall–Kier alpha value is -1.45. The van der Waals surface area contributed by atoms with E-state index in [1.807, 2.05) is 0 Å². The summed E-state index contributed by atoms with van der Waals surface area (Å²) in [6, 6.07) is 3.22. The lowest BCUT2D eigenvalue weighted by Crippen LogP contribution is -2.23. The summed E-state index contributed by atoms with van der Waals surface area (Å²) >= 11 is 0. The second kappa shape index (κ2) is 3.04. The van der Waals surface area contributed by atoms with Gasteiger partial charge in [0.25, 0.3) is 0 Å². The molecule has 0 bridgehead atoms. The van der Waals surface area contributed by atoms with Gasteiger partial charge in [0.15, 0.2) is 0 Å². The van der Waals surface area contributed by atoms with E-state index in [-0.39, 0.29) is 5.97 Å². The van der Waals surface area contributed by atoms with Crippen LogP contribution in [-0.4, -0.2) is 18.1 Å². The zero-order chi connectivity index (χ0) is 10.2. The molecule has 0 saturated heterocycles. The monoisotopic (exact) mass is 195 g/mol. The molecule has 1 aromatic heterocycles. The molecule has 0 N–H and O–H groups in total. The third kappa shape index (κ3) is 1.18. The number of nitrogens with zero attached hydrogens (tertiary/aromatic N) is 1. The molecular formula is C10H10FNO2. The van der Waals surface area contributed by atoms with Crippen molar-refractivity contribution in [3.05, 3.63) is 29.8 Å². The first-order valence-corrected chi connectivity index (χ1v) is 4.40. The smallest absolute Gasteiger partial charge is 0.316 e. The van der Waals surface area contributed by atoms with E-state index in [1.165, 1.54) is 13.3 Å². The topological polar surface area (TPSA) is 39.2 Å². The molecule has 4 heteroatoms. The first-order valence-electron chi connectivity index (χ1n) is 4.40. The minimum Gasteiger partial charge on any atom is -0.468 e. The van der Waals surface area contributed by atoms with Gasteiger partial charge in [-0.15, -0.1) is 0 Å². The summed E-state index contributed by atoms with van der Waals surface area (Å²) in [7, 11) is 1.32. The molecule has 0 amide bonds. The van der Waals surface area contributed by atoms with E-state index in [9.17, 15) is 9.18 Å². The molecule has 0 aromatic carbocycles. The van der Waals surface area contributed by atoms with Crippen LogP contribution >= 0.6 is 0 Å². The van der Waals surface area contributed by atoms with E-state index in [1.54, 1.807) is 12.1 Å². The third-order valence-corrected chi connectivity index (χ3v) is 2.60.